The maximum atomic E-state index is 2.37. The minimum atomic E-state index is -0.248. The maximum Gasteiger partial charge on any atom is 0.0345 e. The summed E-state index contributed by atoms with van der Waals surface area (Å²) >= 11 is 1.95. The number of benzene rings is 3. The third-order valence-electron chi connectivity index (χ3n) is 4.67. The third kappa shape index (κ3) is 4.23. The molecule has 0 saturated heterocycles. The van der Waals surface area contributed by atoms with Gasteiger partial charge in [0.1, 0.15) is 0 Å². The van der Waals surface area contributed by atoms with Crippen LogP contribution in [0, 0.1) is 0 Å². The average molecular weight is 374 g/mol. The van der Waals surface area contributed by atoms with Crippen LogP contribution in [-0.4, -0.2) is 6.16 Å². The highest BCUT2D eigenvalue weighted by Gasteiger charge is 2.13. The molecule has 1 heterocycles. The molecule has 0 aliphatic rings. The van der Waals surface area contributed by atoms with Gasteiger partial charge in [0.25, 0.3) is 0 Å². The summed E-state index contributed by atoms with van der Waals surface area (Å²) in [7, 11) is -0.248. The van der Waals surface area contributed by atoms with E-state index in [0.717, 1.165) is 0 Å². The second kappa shape index (κ2) is 8.62. The molecule has 2 heteroatoms. The Labute approximate surface area is 161 Å². The van der Waals surface area contributed by atoms with Crippen molar-refractivity contribution in [1.82, 2.24) is 0 Å². The van der Waals surface area contributed by atoms with E-state index >= 15 is 0 Å². The molecule has 0 N–H and O–H groups in total. The summed E-state index contributed by atoms with van der Waals surface area (Å²) in [6.45, 7) is 0. The minimum absolute atomic E-state index is 0.248. The Bertz CT molecular complexity index is 871. The van der Waals surface area contributed by atoms with E-state index in [1.54, 1.807) is 0 Å². The van der Waals surface area contributed by atoms with Crippen molar-refractivity contribution in [3.05, 3.63) is 95.9 Å². The highest BCUT2D eigenvalue weighted by atomic mass is 32.1. The van der Waals surface area contributed by atoms with Gasteiger partial charge in [-0.25, -0.2) is 0 Å². The van der Waals surface area contributed by atoms with Crippen LogP contribution in [0.3, 0.4) is 0 Å². The van der Waals surface area contributed by atoms with Crippen LogP contribution in [0.25, 0.3) is 10.1 Å². The van der Waals surface area contributed by atoms with Gasteiger partial charge in [-0.15, -0.1) is 11.3 Å². The summed E-state index contributed by atoms with van der Waals surface area (Å²) in [6, 6.07) is 33.2. The molecule has 0 aliphatic carbocycles. The minimum Gasteiger partial charge on any atom is -0.140 e. The highest BCUT2D eigenvalue weighted by Crippen LogP contribution is 2.35. The maximum absolute atomic E-state index is 2.37. The summed E-state index contributed by atoms with van der Waals surface area (Å²) < 4.78 is 1.42. The van der Waals surface area contributed by atoms with Crippen LogP contribution in [0.4, 0.5) is 0 Å². The van der Waals surface area contributed by atoms with Gasteiger partial charge in [-0.1, -0.05) is 78.9 Å². The zero-order valence-electron chi connectivity index (χ0n) is 14.8. The van der Waals surface area contributed by atoms with Gasteiger partial charge in [-0.2, -0.15) is 0 Å². The molecule has 0 saturated carbocycles. The van der Waals surface area contributed by atoms with Gasteiger partial charge in [0.2, 0.25) is 0 Å². The number of unbranched alkanes of at least 4 members (excludes halogenated alkanes) is 1. The van der Waals surface area contributed by atoms with Crippen LogP contribution in [0.5, 0.6) is 0 Å². The van der Waals surface area contributed by atoms with Crippen LogP contribution in [0.2, 0.25) is 0 Å². The van der Waals surface area contributed by atoms with Crippen LogP contribution in [0.15, 0.2) is 91.0 Å². The average Bonchev–Trinajstić information content (AvgIpc) is 3.12. The van der Waals surface area contributed by atoms with Crippen molar-refractivity contribution in [2.45, 2.75) is 19.3 Å². The van der Waals surface area contributed by atoms with Crippen molar-refractivity contribution in [1.29, 1.82) is 0 Å². The molecule has 0 radical (unpaired) electrons. The van der Waals surface area contributed by atoms with Crippen LogP contribution < -0.4 is 10.6 Å². The first-order chi connectivity index (χ1) is 12.9. The van der Waals surface area contributed by atoms with E-state index in [4.69, 9.17) is 0 Å². The molecule has 4 aromatic rings. The number of hydrogen-bond acceptors (Lipinski definition) is 1. The molecule has 3 aromatic carbocycles. The molecule has 1 aromatic heterocycles. The van der Waals surface area contributed by atoms with Gasteiger partial charge in [-0.3, -0.25) is 0 Å². The molecule has 0 amide bonds. The van der Waals surface area contributed by atoms with E-state index in [9.17, 15) is 0 Å². The first-order valence-electron chi connectivity index (χ1n) is 9.25. The molecular weight excluding hydrogens is 351 g/mol. The third-order valence-corrected chi connectivity index (χ3v) is 8.45. The number of fused-ring (bicyclic) bond motifs is 1. The van der Waals surface area contributed by atoms with E-state index in [1.165, 1.54) is 51.0 Å². The molecule has 0 atom stereocenters. The first-order valence-corrected chi connectivity index (χ1v) is 11.6. The summed E-state index contributed by atoms with van der Waals surface area (Å²) in [6.07, 6.45) is 5.02. The standard InChI is InChI=1S/C24H23PS/c1-3-12-21(13-4-1)25(22-14-5-2-6-15-22)18-10-9-16-23-19-20-11-7-8-17-24(20)26-23/h1-8,11-15,17,19H,9-10,16,18H2. The van der Waals surface area contributed by atoms with Crippen molar-refractivity contribution in [2.24, 2.45) is 0 Å². The lowest BCUT2D eigenvalue weighted by Crippen LogP contribution is -2.13. The molecule has 0 nitrogen and oxygen atoms in total. The largest absolute Gasteiger partial charge is 0.140 e. The van der Waals surface area contributed by atoms with Crippen molar-refractivity contribution in [3.8, 4) is 0 Å². The Morgan fingerprint density at radius 2 is 1.27 bits per heavy atom. The predicted molar refractivity (Wildman–Crippen MR) is 119 cm³/mol. The predicted octanol–water partition coefficient (Wildman–Crippen LogP) is 6.36. The lowest BCUT2D eigenvalue weighted by molar-refractivity contribution is 0.810. The van der Waals surface area contributed by atoms with Crippen molar-refractivity contribution >= 4 is 40.0 Å². The van der Waals surface area contributed by atoms with Crippen molar-refractivity contribution in [3.63, 3.8) is 0 Å². The summed E-state index contributed by atoms with van der Waals surface area (Å²) in [5.74, 6) is 0. The Hall–Kier alpha value is -1.95. The van der Waals surface area contributed by atoms with Gasteiger partial charge >= 0.3 is 0 Å². The van der Waals surface area contributed by atoms with Crippen molar-refractivity contribution in [2.75, 3.05) is 6.16 Å². The van der Waals surface area contributed by atoms with Crippen LogP contribution in [0.1, 0.15) is 17.7 Å². The number of rotatable bonds is 7. The molecular formula is C24H23PS. The number of aryl methyl sites for hydroxylation is 1. The van der Waals surface area contributed by atoms with Crippen molar-refractivity contribution < 1.29 is 0 Å². The van der Waals surface area contributed by atoms with E-state index in [-0.39, 0.29) is 7.92 Å². The van der Waals surface area contributed by atoms with Crippen LogP contribution in [-0.2, 0) is 6.42 Å². The Morgan fingerprint density at radius 3 is 1.92 bits per heavy atom. The molecule has 0 spiro atoms. The van der Waals surface area contributed by atoms with Crippen LogP contribution >= 0.6 is 19.3 Å². The zero-order valence-corrected chi connectivity index (χ0v) is 16.6. The number of hydrogen-bond donors (Lipinski definition) is 0. The topological polar surface area (TPSA) is 0 Å². The molecule has 0 unspecified atom stereocenters. The summed E-state index contributed by atoms with van der Waals surface area (Å²) in [5, 5.41) is 4.38. The van der Waals surface area contributed by atoms with E-state index in [1.807, 2.05) is 11.3 Å². The zero-order chi connectivity index (χ0) is 17.6. The van der Waals surface area contributed by atoms with E-state index < -0.39 is 0 Å². The molecule has 26 heavy (non-hydrogen) atoms. The molecule has 0 aliphatic heterocycles. The molecule has 0 fully saturated rings. The molecule has 0 bridgehead atoms. The fraction of sp³-hybridized carbons (Fsp3) is 0.167. The smallest absolute Gasteiger partial charge is 0.0345 e. The van der Waals surface area contributed by atoms with Gasteiger partial charge in [0.15, 0.2) is 0 Å². The SMILES string of the molecule is c1ccc(P(CCCCc2cc3ccccc3s2)c2ccccc2)cc1. The second-order valence-electron chi connectivity index (χ2n) is 6.53. The first kappa shape index (κ1) is 17.5. The fourth-order valence-electron chi connectivity index (χ4n) is 3.35. The fourth-order valence-corrected chi connectivity index (χ4v) is 6.88. The summed E-state index contributed by atoms with van der Waals surface area (Å²) in [4.78, 5) is 1.52. The van der Waals surface area contributed by atoms with Gasteiger partial charge in [0.05, 0.1) is 0 Å². The Kier molecular flexibility index (Phi) is 5.79. The normalized spacial score (nSPS) is 11.3. The second-order valence-corrected chi connectivity index (χ2v) is 10.0. The number of thiophene rings is 1. The summed E-state index contributed by atoms with van der Waals surface area (Å²) in [5.41, 5.74) is 0. The lowest BCUT2D eigenvalue weighted by Gasteiger charge is -2.18. The molecule has 4 rings (SSSR count). The monoisotopic (exact) mass is 374 g/mol. The quantitative estimate of drug-likeness (QED) is 0.261. The van der Waals surface area contributed by atoms with Gasteiger partial charge < -0.3 is 0 Å². The Morgan fingerprint density at radius 1 is 0.654 bits per heavy atom. The van der Waals surface area contributed by atoms with Gasteiger partial charge in [-0.05, 0) is 61.5 Å². The molecule has 130 valence electrons. The Balaban J connectivity index is 1.40. The van der Waals surface area contributed by atoms with E-state index in [2.05, 4.69) is 91.0 Å². The lowest BCUT2D eigenvalue weighted by atomic mass is 10.2. The highest BCUT2D eigenvalue weighted by molar-refractivity contribution is 7.73. The van der Waals surface area contributed by atoms with Gasteiger partial charge in [0, 0.05) is 9.58 Å². The van der Waals surface area contributed by atoms with E-state index in [0.29, 0.717) is 0 Å².